The fourth-order valence-electron chi connectivity index (χ4n) is 7.88. The smallest absolute Gasteiger partial charge is 0.410 e. The Morgan fingerprint density at radius 3 is 2.50 bits per heavy atom. The lowest BCUT2D eigenvalue weighted by molar-refractivity contribution is 0.0142. The second kappa shape index (κ2) is 16.8. The van der Waals surface area contributed by atoms with Gasteiger partial charge in [-0.1, -0.05) is 36.7 Å². The first kappa shape index (κ1) is 39.6. The van der Waals surface area contributed by atoms with Crippen molar-refractivity contribution in [1.82, 2.24) is 24.1 Å². The maximum Gasteiger partial charge on any atom is 0.410 e. The molecule has 2 aliphatic heterocycles. The van der Waals surface area contributed by atoms with E-state index in [1.807, 2.05) is 62.7 Å². The minimum Gasteiger partial charge on any atom is -0.493 e. The molecule has 4 heterocycles. The molecular formula is C43H51ClFN5O6. The van der Waals surface area contributed by atoms with Crippen LogP contribution < -0.4 is 4.74 Å². The van der Waals surface area contributed by atoms with Gasteiger partial charge in [-0.2, -0.15) is 5.10 Å². The van der Waals surface area contributed by atoms with Gasteiger partial charge in [0.25, 0.3) is 0 Å². The molecule has 0 aliphatic carbocycles. The summed E-state index contributed by atoms with van der Waals surface area (Å²) in [4.78, 5) is 31.0. The lowest BCUT2D eigenvalue weighted by Crippen LogP contribution is -2.50. The number of rotatable bonds is 12. The molecule has 0 spiro atoms. The van der Waals surface area contributed by atoms with Gasteiger partial charge in [0.1, 0.15) is 22.9 Å². The average molecular weight is 788 g/mol. The van der Waals surface area contributed by atoms with E-state index in [0.29, 0.717) is 101 Å². The minimum absolute atomic E-state index is 0.221. The van der Waals surface area contributed by atoms with Crippen molar-refractivity contribution in [1.29, 1.82) is 0 Å². The zero-order chi connectivity index (χ0) is 39.6. The van der Waals surface area contributed by atoms with Crippen molar-refractivity contribution in [2.24, 2.45) is 0 Å². The Hall–Kier alpha value is -4.65. The topological polar surface area (TPSA) is 100 Å². The van der Waals surface area contributed by atoms with Crippen LogP contribution >= 0.6 is 11.6 Å². The Balaban J connectivity index is 1.26. The van der Waals surface area contributed by atoms with Gasteiger partial charge in [-0.15, -0.1) is 0 Å². The van der Waals surface area contributed by atoms with Gasteiger partial charge in [-0.25, -0.2) is 14.0 Å². The largest absolute Gasteiger partial charge is 0.493 e. The number of esters is 1. The molecule has 11 nitrogen and oxygen atoms in total. The molecule has 298 valence electrons. The molecule has 7 rings (SSSR count). The van der Waals surface area contributed by atoms with Crippen LogP contribution in [0.25, 0.3) is 32.8 Å². The van der Waals surface area contributed by atoms with E-state index in [1.54, 1.807) is 11.0 Å². The number of fused-ring (bicyclic) bond motifs is 3. The minimum atomic E-state index is -0.564. The van der Waals surface area contributed by atoms with Crippen LogP contribution in [0.5, 0.6) is 5.75 Å². The number of benzene rings is 3. The molecule has 0 unspecified atom stereocenters. The summed E-state index contributed by atoms with van der Waals surface area (Å²) in [6.07, 6.45) is 1.52. The van der Waals surface area contributed by atoms with Crippen molar-refractivity contribution in [3.63, 3.8) is 0 Å². The predicted molar refractivity (Wildman–Crippen MR) is 215 cm³/mol. The molecule has 0 radical (unpaired) electrons. The van der Waals surface area contributed by atoms with Crippen molar-refractivity contribution < 1.29 is 32.9 Å². The van der Waals surface area contributed by atoms with Crippen molar-refractivity contribution in [3.05, 3.63) is 82.0 Å². The van der Waals surface area contributed by atoms with E-state index in [4.69, 9.17) is 35.6 Å². The summed E-state index contributed by atoms with van der Waals surface area (Å²) in [6.45, 7) is 15.3. The van der Waals surface area contributed by atoms with Gasteiger partial charge in [0.2, 0.25) is 0 Å². The van der Waals surface area contributed by atoms with Crippen LogP contribution in [0.2, 0.25) is 5.02 Å². The first-order valence-corrected chi connectivity index (χ1v) is 20.0. The number of nitrogens with zero attached hydrogens (tertiary/aromatic N) is 5. The normalized spacial score (nSPS) is 15.0. The summed E-state index contributed by atoms with van der Waals surface area (Å²) in [7, 11) is 0. The SMILES string of the molecule is CCOC(=O)c1c(CCCOc2cccc3cc(F)ccc23)c2ccc(Cl)c(-c3c(CC)nn4c3COCC4)c2n1CCN1CCN(C(=O)OC(C)(C)C)CC1. The van der Waals surface area contributed by atoms with Crippen LogP contribution in [0.3, 0.4) is 0 Å². The molecule has 2 aliphatic rings. The molecule has 0 N–H and O–H groups in total. The van der Waals surface area contributed by atoms with E-state index >= 15 is 0 Å². The summed E-state index contributed by atoms with van der Waals surface area (Å²) < 4.78 is 41.7. The van der Waals surface area contributed by atoms with Crippen molar-refractivity contribution in [2.45, 2.75) is 79.2 Å². The third-order valence-electron chi connectivity index (χ3n) is 10.4. The van der Waals surface area contributed by atoms with Gasteiger partial charge >= 0.3 is 12.1 Å². The van der Waals surface area contributed by atoms with Gasteiger partial charge in [0.05, 0.1) is 54.9 Å². The molecule has 1 amide bonds. The number of hydrogen-bond donors (Lipinski definition) is 0. The summed E-state index contributed by atoms with van der Waals surface area (Å²) in [5, 5.41) is 8.07. The number of halogens is 2. The molecule has 0 atom stereocenters. The maximum atomic E-state index is 14.2. The molecule has 2 aromatic heterocycles. The van der Waals surface area contributed by atoms with E-state index in [1.165, 1.54) is 12.1 Å². The predicted octanol–water partition coefficient (Wildman–Crippen LogP) is 8.28. The third-order valence-corrected chi connectivity index (χ3v) is 10.8. The van der Waals surface area contributed by atoms with Crippen LogP contribution in [0.15, 0.2) is 48.5 Å². The number of piperazine rings is 1. The average Bonchev–Trinajstić information content (AvgIpc) is 3.70. The molecule has 1 fully saturated rings. The molecule has 0 saturated carbocycles. The Morgan fingerprint density at radius 1 is 0.964 bits per heavy atom. The quantitative estimate of drug-likeness (QED) is 0.0921. The summed E-state index contributed by atoms with van der Waals surface area (Å²) in [5.74, 6) is -0.0180. The number of aryl methyl sites for hydroxylation is 2. The fraction of sp³-hybridized carbons (Fsp3) is 0.465. The van der Waals surface area contributed by atoms with Crippen LogP contribution in [0.4, 0.5) is 9.18 Å². The van der Waals surface area contributed by atoms with E-state index in [0.717, 1.165) is 49.8 Å². The first-order valence-electron chi connectivity index (χ1n) is 19.7. The summed E-state index contributed by atoms with van der Waals surface area (Å²) >= 11 is 7.22. The highest BCUT2D eigenvalue weighted by Crippen LogP contribution is 2.43. The number of hydrogen-bond acceptors (Lipinski definition) is 8. The lowest BCUT2D eigenvalue weighted by Gasteiger charge is -2.35. The van der Waals surface area contributed by atoms with Crippen LogP contribution in [0, 0.1) is 5.82 Å². The van der Waals surface area contributed by atoms with E-state index in [-0.39, 0.29) is 18.5 Å². The number of carbonyl (C=O) groups is 2. The first-order chi connectivity index (χ1) is 27.0. The molecule has 0 bridgehead atoms. The van der Waals surface area contributed by atoms with Gasteiger partial charge in [-0.3, -0.25) is 9.58 Å². The summed E-state index contributed by atoms with van der Waals surface area (Å²) in [6, 6.07) is 14.2. The molecular weight excluding hydrogens is 737 g/mol. The van der Waals surface area contributed by atoms with E-state index in [2.05, 4.69) is 16.4 Å². The number of amides is 1. The standard InChI is InChI=1S/C43H51ClFN5O6/c1-6-34-38(35-27-53-25-23-50(35)46-34)37-33(44)16-15-32-31(11-9-24-55-36-12-8-10-28-26-29(45)13-14-30(28)36)40(41(51)54-7-2)49(39(32)37)22-19-47-17-20-48(21-18-47)42(52)56-43(3,4)5/h8,10,12-16,26H,6-7,9,11,17-25,27H2,1-5H3. The Labute approximate surface area is 332 Å². The van der Waals surface area contributed by atoms with Gasteiger partial charge in [0.15, 0.2) is 0 Å². The molecule has 56 heavy (non-hydrogen) atoms. The Morgan fingerprint density at radius 2 is 1.75 bits per heavy atom. The second-order valence-electron chi connectivity index (χ2n) is 15.3. The lowest BCUT2D eigenvalue weighted by atomic mass is 9.97. The maximum absolute atomic E-state index is 14.2. The molecule has 3 aromatic carbocycles. The highest BCUT2D eigenvalue weighted by molar-refractivity contribution is 6.35. The molecule has 5 aromatic rings. The van der Waals surface area contributed by atoms with Gasteiger partial charge < -0.3 is 28.4 Å². The van der Waals surface area contributed by atoms with Crippen molar-refractivity contribution in [3.8, 4) is 16.9 Å². The van der Waals surface area contributed by atoms with Crippen LogP contribution in [-0.2, 0) is 46.7 Å². The second-order valence-corrected chi connectivity index (χ2v) is 15.7. The molecule has 1 saturated heterocycles. The Bertz CT molecular complexity index is 2240. The zero-order valence-electron chi connectivity index (χ0n) is 33.0. The monoisotopic (exact) mass is 787 g/mol. The number of aromatic nitrogens is 3. The highest BCUT2D eigenvalue weighted by Gasteiger charge is 2.32. The fourth-order valence-corrected chi connectivity index (χ4v) is 8.13. The molecule has 13 heteroatoms. The van der Waals surface area contributed by atoms with Crippen LogP contribution in [-0.4, -0.2) is 94.4 Å². The van der Waals surface area contributed by atoms with E-state index < -0.39 is 11.6 Å². The van der Waals surface area contributed by atoms with Crippen molar-refractivity contribution in [2.75, 3.05) is 52.5 Å². The number of ether oxygens (including phenoxy) is 4. The van der Waals surface area contributed by atoms with Crippen LogP contribution in [0.1, 0.15) is 68.5 Å². The van der Waals surface area contributed by atoms with E-state index in [9.17, 15) is 14.0 Å². The summed E-state index contributed by atoms with van der Waals surface area (Å²) in [5.41, 5.74) is 5.33. The highest BCUT2D eigenvalue weighted by atomic mass is 35.5. The number of carbonyl (C=O) groups excluding carboxylic acids is 2. The van der Waals surface area contributed by atoms with Gasteiger partial charge in [0, 0.05) is 61.2 Å². The zero-order valence-corrected chi connectivity index (χ0v) is 33.7. The van der Waals surface area contributed by atoms with Gasteiger partial charge in [-0.05, 0) is 88.2 Å². The van der Waals surface area contributed by atoms with Crippen molar-refractivity contribution >= 4 is 45.3 Å². The third kappa shape index (κ3) is 8.24. The Kier molecular flexibility index (Phi) is 11.9.